The van der Waals surface area contributed by atoms with E-state index in [2.05, 4.69) is 10.6 Å². The van der Waals surface area contributed by atoms with E-state index in [9.17, 15) is 47.9 Å². The fraction of sp³-hybridized carbons (Fsp3) is 0.511. The zero-order valence-electron chi connectivity index (χ0n) is 38.9. The fourth-order valence-electron chi connectivity index (χ4n) is 6.93. The third-order valence-electron chi connectivity index (χ3n) is 9.48. The molecule has 0 spiro atoms. The van der Waals surface area contributed by atoms with Gasteiger partial charge in [0.15, 0.2) is 36.6 Å². The van der Waals surface area contributed by atoms with Crippen LogP contribution in [0.3, 0.4) is 0 Å². The van der Waals surface area contributed by atoms with Gasteiger partial charge >= 0.3 is 47.8 Å². The maximum atomic E-state index is 12.8. The lowest BCUT2D eigenvalue weighted by molar-refractivity contribution is -0.237. The molecule has 0 saturated carbocycles. The molecule has 2 aromatic rings. The van der Waals surface area contributed by atoms with E-state index in [1.165, 1.54) is 13.8 Å². The highest BCUT2D eigenvalue weighted by Crippen LogP contribution is 2.40. The van der Waals surface area contributed by atoms with Crippen molar-refractivity contribution in [2.45, 2.75) is 144 Å². The van der Waals surface area contributed by atoms with E-state index in [1.807, 2.05) is 0 Å². The third-order valence-corrected chi connectivity index (χ3v) is 11.8. The van der Waals surface area contributed by atoms with Gasteiger partial charge in [0.05, 0.1) is 0 Å². The summed E-state index contributed by atoms with van der Waals surface area (Å²) in [5.74, 6) is -6.51. The summed E-state index contributed by atoms with van der Waals surface area (Å²) in [6.45, 7) is 8.40. The van der Waals surface area contributed by atoms with Crippen molar-refractivity contribution in [2.24, 2.45) is 0 Å². The van der Waals surface area contributed by atoms with E-state index in [0.29, 0.717) is 21.2 Å². The van der Waals surface area contributed by atoms with Crippen molar-refractivity contribution in [3.63, 3.8) is 0 Å². The largest absolute Gasteiger partial charge is 0.463 e. The monoisotopic (exact) mass is 1010 g/mol. The average Bonchev–Trinajstić information content (AvgIpc) is 3.24. The van der Waals surface area contributed by atoms with Crippen LogP contribution in [-0.2, 0) is 95.3 Å². The molecule has 69 heavy (non-hydrogen) atoms. The van der Waals surface area contributed by atoms with Crippen LogP contribution < -0.4 is 10.6 Å². The van der Waals surface area contributed by atoms with Crippen LogP contribution >= 0.6 is 23.5 Å². The van der Waals surface area contributed by atoms with Gasteiger partial charge in [-0.1, -0.05) is 23.5 Å². The number of carbonyl (C=O) groups is 10. The van der Waals surface area contributed by atoms with Gasteiger partial charge in [-0.2, -0.15) is 0 Å². The number of hydrogen-bond acceptors (Lipinski definition) is 22. The second-order valence-electron chi connectivity index (χ2n) is 15.4. The predicted molar refractivity (Wildman–Crippen MR) is 240 cm³/mol. The summed E-state index contributed by atoms with van der Waals surface area (Å²) in [7, 11) is 0. The zero-order chi connectivity index (χ0) is 50.9. The zero-order valence-corrected chi connectivity index (χ0v) is 40.5. The number of amides is 2. The van der Waals surface area contributed by atoms with Crippen LogP contribution in [0.2, 0.25) is 0 Å². The van der Waals surface area contributed by atoms with Crippen LogP contribution in [0.4, 0.5) is 11.4 Å². The lowest BCUT2D eigenvalue weighted by Gasteiger charge is -2.44. The van der Waals surface area contributed by atoms with Gasteiger partial charge in [-0.05, 0) is 55.0 Å². The molecule has 4 rings (SSSR count). The normalized spacial score (nSPS) is 23.9. The summed E-state index contributed by atoms with van der Waals surface area (Å²) in [5.41, 5.74) is -1.24. The van der Waals surface area contributed by atoms with E-state index in [0.717, 1.165) is 65.1 Å². The SMILES string of the molecule is CC(=O)OC[C@H]1O[C@@H](Sc2ccc(NC(=O)CCCC(=O)Nc3ccc(S[C@@H]4O[C@H](COC(C)=O)[C@@H](OC(C)=O)[C@H](OC(C)=O)[C@H]4OC(C)=O)cc3)cc2)[C@H](OC(C)=O)[C@@H](OC(C)=O)[C@@H]1OC(C)=O. The summed E-state index contributed by atoms with van der Waals surface area (Å²) in [4.78, 5) is 123. The van der Waals surface area contributed by atoms with Crippen LogP contribution in [0.15, 0.2) is 58.3 Å². The van der Waals surface area contributed by atoms with Gasteiger partial charge < -0.3 is 58.0 Å². The highest BCUT2D eigenvalue weighted by Gasteiger charge is 2.54. The molecule has 2 saturated heterocycles. The Bertz CT molecular complexity index is 2040. The van der Waals surface area contributed by atoms with E-state index in [1.54, 1.807) is 48.5 Å². The van der Waals surface area contributed by atoms with Crippen LogP contribution in [0, 0.1) is 0 Å². The minimum absolute atomic E-state index is 0.000226. The van der Waals surface area contributed by atoms with E-state index in [-0.39, 0.29) is 44.3 Å². The van der Waals surface area contributed by atoms with Gasteiger partial charge in [0.1, 0.15) is 36.3 Å². The Morgan fingerprint density at radius 3 is 1.00 bits per heavy atom. The predicted octanol–water partition coefficient (Wildman–Crippen LogP) is 3.78. The van der Waals surface area contributed by atoms with Gasteiger partial charge in [0, 0.05) is 89.4 Å². The quantitative estimate of drug-likeness (QED) is 0.141. The second kappa shape index (κ2) is 26.5. The van der Waals surface area contributed by atoms with Crippen LogP contribution in [0.25, 0.3) is 0 Å². The van der Waals surface area contributed by atoms with E-state index >= 15 is 0 Å². The van der Waals surface area contributed by atoms with Gasteiger partial charge in [0.25, 0.3) is 0 Å². The van der Waals surface area contributed by atoms with Crippen molar-refractivity contribution in [2.75, 3.05) is 23.8 Å². The van der Waals surface area contributed by atoms with Crippen LogP contribution in [0.1, 0.15) is 74.7 Å². The van der Waals surface area contributed by atoms with Crippen molar-refractivity contribution in [1.82, 2.24) is 0 Å². The van der Waals surface area contributed by atoms with Gasteiger partial charge in [-0.25, -0.2) is 0 Å². The number of thioether (sulfide) groups is 2. The number of benzene rings is 2. The number of ether oxygens (including phenoxy) is 10. The smallest absolute Gasteiger partial charge is 0.303 e. The fourth-order valence-corrected chi connectivity index (χ4v) is 9.13. The van der Waals surface area contributed by atoms with Crippen molar-refractivity contribution < 1.29 is 95.3 Å². The molecule has 376 valence electrons. The highest BCUT2D eigenvalue weighted by atomic mass is 32.2. The molecule has 0 aromatic heterocycles. The van der Waals surface area contributed by atoms with Gasteiger partial charge in [-0.3, -0.25) is 47.9 Å². The maximum Gasteiger partial charge on any atom is 0.303 e. The molecule has 22 nitrogen and oxygen atoms in total. The molecule has 2 aliphatic rings. The average molecular weight is 1010 g/mol. The number of carbonyl (C=O) groups excluding carboxylic acids is 10. The minimum Gasteiger partial charge on any atom is -0.463 e. The van der Waals surface area contributed by atoms with Crippen molar-refractivity contribution >= 4 is 94.5 Å². The molecule has 2 heterocycles. The molecule has 2 aliphatic heterocycles. The number of anilines is 2. The minimum atomic E-state index is -1.33. The first kappa shape index (κ1) is 55.4. The van der Waals surface area contributed by atoms with Crippen molar-refractivity contribution in [3.8, 4) is 0 Å². The van der Waals surface area contributed by atoms with Gasteiger partial charge in [-0.15, -0.1) is 0 Å². The molecule has 2 N–H and O–H groups in total. The number of nitrogens with one attached hydrogen (secondary N) is 2. The van der Waals surface area contributed by atoms with E-state index in [4.69, 9.17) is 47.4 Å². The van der Waals surface area contributed by atoms with Crippen molar-refractivity contribution in [1.29, 1.82) is 0 Å². The molecule has 0 bridgehead atoms. The molecule has 0 unspecified atom stereocenters. The molecular weight excluding hydrogens is 953 g/mol. The number of esters is 8. The standard InChI is InChI=1S/C45H54N2O20S2/c1-22(48)58-20-34-38(60-24(3)50)40(62-26(5)52)42(64-28(7)54)44(66-34)68-32-16-12-30(13-17-32)46-36(56)10-9-11-37(57)47-31-14-18-33(19-15-31)69-45-43(65-29(8)55)41(63-27(6)53)39(61-25(4)51)35(67-45)21-59-23(2)49/h12-19,34-35,38-45H,9-11,20-21H2,1-8H3,(H,46,56)(H,47,57)/t34-,35-,38-,39-,40+,41+,42-,43-,44+,45+/m1/s1. The lowest BCUT2D eigenvalue weighted by Crippen LogP contribution is -2.61. The molecule has 2 fully saturated rings. The first-order chi connectivity index (χ1) is 32.6. The molecule has 2 aromatic carbocycles. The molecule has 10 atom stereocenters. The first-order valence-electron chi connectivity index (χ1n) is 21.3. The summed E-state index contributed by atoms with van der Waals surface area (Å²) >= 11 is 2.14. The Balaban J connectivity index is 1.34. The van der Waals surface area contributed by atoms with Crippen molar-refractivity contribution in [3.05, 3.63) is 48.5 Å². The highest BCUT2D eigenvalue weighted by molar-refractivity contribution is 8.00. The lowest BCUT2D eigenvalue weighted by atomic mass is 9.99. The van der Waals surface area contributed by atoms with Crippen LogP contribution in [-0.4, -0.2) is 132 Å². The Kier molecular flexibility index (Phi) is 21.3. The summed E-state index contributed by atoms with van der Waals surface area (Å²) in [6, 6.07) is 13.0. The van der Waals surface area contributed by atoms with Crippen LogP contribution in [0.5, 0.6) is 0 Å². The molecule has 2 amide bonds. The Hall–Kier alpha value is -6.24. The first-order valence-corrected chi connectivity index (χ1v) is 23.1. The van der Waals surface area contributed by atoms with E-state index < -0.39 is 107 Å². The molecule has 0 radical (unpaired) electrons. The topological polar surface area (TPSA) is 287 Å². The third kappa shape index (κ3) is 18.3. The Morgan fingerprint density at radius 1 is 0.420 bits per heavy atom. The molecule has 24 heteroatoms. The molecule has 0 aliphatic carbocycles. The maximum absolute atomic E-state index is 12.8. The number of hydrogen-bond donors (Lipinski definition) is 2. The van der Waals surface area contributed by atoms with Gasteiger partial charge in [0.2, 0.25) is 11.8 Å². The number of rotatable bonds is 20. The Morgan fingerprint density at radius 2 is 0.710 bits per heavy atom. The summed E-state index contributed by atoms with van der Waals surface area (Å²) in [5, 5.41) is 5.53. The summed E-state index contributed by atoms with van der Waals surface area (Å²) in [6.07, 6.45) is -9.81. The summed E-state index contributed by atoms with van der Waals surface area (Å²) < 4.78 is 55.4. The molecular formula is C45H54N2O20S2. The Labute approximate surface area is 405 Å². The second-order valence-corrected chi connectivity index (χ2v) is 17.7.